The first kappa shape index (κ1) is 28.1. The topological polar surface area (TPSA) is 140 Å². The Morgan fingerprint density at radius 2 is 1.03 bits per heavy atom. The van der Waals surface area contributed by atoms with Crippen LogP contribution in [0.1, 0.15) is 11.1 Å². The van der Waals surface area contributed by atoms with E-state index < -0.39 is 20.2 Å². The zero-order chi connectivity index (χ0) is 20.7. The van der Waals surface area contributed by atoms with Crippen molar-refractivity contribution in [2.75, 3.05) is 0 Å². The van der Waals surface area contributed by atoms with Gasteiger partial charge in [-0.15, -0.1) is 22.7 Å². The predicted octanol–water partition coefficient (Wildman–Crippen LogP) is -2.97. The first-order chi connectivity index (χ1) is 13.0. The van der Waals surface area contributed by atoms with Gasteiger partial charge in [0.25, 0.3) is 0 Å². The van der Waals surface area contributed by atoms with Crippen LogP contribution in [0.3, 0.4) is 0 Å². The van der Waals surface area contributed by atoms with Crippen LogP contribution < -0.4 is 59.1 Å². The average molecular weight is 503 g/mol. The van der Waals surface area contributed by atoms with Gasteiger partial charge in [0, 0.05) is 0 Å². The Balaban J connectivity index is 0.000000281. The third-order valence-corrected chi connectivity index (χ3v) is 7.83. The maximum atomic E-state index is 11.0. The molecular weight excluding hydrogens is 490 g/mol. The van der Waals surface area contributed by atoms with E-state index in [0.717, 1.165) is 22.7 Å². The summed E-state index contributed by atoms with van der Waals surface area (Å²) in [6, 6.07) is 6.59. The number of aryl methyl sites for hydroxylation is 2. The summed E-state index contributed by atoms with van der Waals surface area (Å²) in [5, 5.41) is 0. The largest absolute Gasteiger partial charge is 1.00 e. The van der Waals surface area contributed by atoms with Gasteiger partial charge in [-0.3, -0.25) is 0 Å². The minimum absolute atomic E-state index is 0. The monoisotopic (exact) mass is 502 g/mol. The van der Waals surface area contributed by atoms with E-state index in [1.165, 1.54) is 11.0 Å². The molecule has 4 aromatic rings. The SMILES string of the molecule is Cc1ccc2ncsc2c1S(=O)(=O)[O-].Cc1ccc2ncsc2c1S(=O)(=O)[O-].[Na+].[Na+]. The van der Waals surface area contributed by atoms with Crippen molar-refractivity contribution in [3.63, 3.8) is 0 Å². The summed E-state index contributed by atoms with van der Waals surface area (Å²) < 4.78 is 66.8. The summed E-state index contributed by atoms with van der Waals surface area (Å²) in [5.74, 6) is 0. The Kier molecular flexibility index (Phi) is 10.1. The normalized spacial score (nSPS) is 11.3. The molecule has 30 heavy (non-hydrogen) atoms. The molecule has 2 heterocycles. The van der Waals surface area contributed by atoms with E-state index in [2.05, 4.69) is 9.97 Å². The van der Waals surface area contributed by atoms with E-state index in [1.807, 2.05) is 0 Å². The van der Waals surface area contributed by atoms with Crippen molar-refractivity contribution in [3.8, 4) is 0 Å². The number of hydrogen-bond donors (Lipinski definition) is 0. The van der Waals surface area contributed by atoms with E-state index in [4.69, 9.17) is 0 Å². The molecule has 0 unspecified atom stereocenters. The Morgan fingerprint density at radius 3 is 1.33 bits per heavy atom. The van der Waals surface area contributed by atoms with Crippen LogP contribution in [0.5, 0.6) is 0 Å². The standard InChI is InChI=1S/2C8H7NO3S2.2Na/c2*1-5-2-3-6-7(13-4-9-6)8(5)14(10,11)12;;/h2*2-4H,1H3,(H,10,11,12);;/q;;2*+1/p-2. The first-order valence-electron chi connectivity index (χ1n) is 7.57. The number of fused-ring (bicyclic) bond motifs is 2. The van der Waals surface area contributed by atoms with E-state index >= 15 is 0 Å². The molecule has 0 amide bonds. The minimum Gasteiger partial charge on any atom is -0.744 e. The molecule has 0 aliphatic heterocycles. The fourth-order valence-electron chi connectivity index (χ4n) is 2.63. The van der Waals surface area contributed by atoms with E-state index in [9.17, 15) is 25.9 Å². The first-order valence-corrected chi connectivity index (χ1v) is 12.1. The molecule has 148 valence electrons. The number of hydrogen-bond acceptors (Lipinski definition) is 10. The van der Waals surface area contributed by atoms with Gasteiger partial charge in [-0.25, -0.2) is 26.8 Å². The van der Waals surface area contributed by atoms with E-state index in [1.54, 1.807) is 38.1 Å². The van der Waals surface area contributed by atoms with Crippen LogP contribution >= 0.6 is 22.7 Å². The number of aromatic nitrogens is 2. The van der Waals surface area contributed by atoms with Crippen LogP contribution in [0.15, 0.2) is 45.1 Å². The Bertz CT molecular complexity index is 1290. The Morgan fingerprint density at radius 1 is 0.700 bits per heavy atom. The fourth-order valence-corrected chi connectivity index (χ4v) is 6.68. The number of rotatable bonds is 2. The molecule has 0 aliphatic rings. The van der Waals surface area contributed by atoms with Crippen molar-refractivity contribution in [1.29, 1.82) is 0 Å². The van der Waals surface area contributed by atoms with Gasteiger partial charge in [-0.1, -0.05) is 12.1 Å². The number of thiazole rings is 2. The summed E-state index contributed by atoms with van der Waals surface area (Å²) in [7, 11) is -8.82. The van der Waals surface area contributed by atoms with Crippen LogP contribution in [0.4, 0.5) is 0 Å². The maximum Gasteiger partial charge on any atom is 1.00 e. The van der Waals surface area contributed by atoms with Gasteiger partial charge in [-0.2, -0.15) is 0 Å². The molecule has 2 aromatic carbocycles. The molecule has 0 saturated carbocycles. The van der Waals surface area contributed by atoms with Crippen LogP contribution in [0, 0.1) is 13.8 Å². The van der Waals surface area contributed by atoms with Gasteiger partial charge < -0.3 is 9.11 Å². The third kappa shape index (κ3) is 6.09. The van der Waals surface area contributed by atoms with Crippen LogP contribution in [0.2, 0.25) is 0 Å². The second-order valence-corrected chi connectivity index (χ2v) is 10.1. The molecule has 0 N–H and O–H groups in total. The van der Waals surface area contributed by atoms with Gasteiger partial charge in [0.05, 0.1) is 41.2 Å². The van der Waals surface area contributed by atoms with E-state index in [0.29, 0.717) is 31.6 Å². The van der Waals surface area contributed by atoms with Gasteiger partial charge in [0.15, 0.2) is 0 Å². The summed E-state index contributed by atoms with van der Waals surface area (Å²) in [5.41, 5.74) is 5.09. The molecule has 2 aromatic heterocycles. The van der Waals surface area contributed by atoms with Crippen molar-refractivity contribution in [3.05, 3.63) is 46.4 Å². The molecule has 0 spiro atoms. The van der Waals surface area contributed by atoms with Crippen LogP contribution in [-0.4, -0.2) is 35.9 Å². The van der Waals surface area contributed by atoms with Crippen molar-refractivity contribution in [2.45, 2.75) is 23.6 Å². The second-order valence-electron chi connectivity index (χ2n) is 5.73. The van der Waals surface area contributed by atoms with Crippen molar-refractivity contribution >= 4 is 63.3 Å². The Hall–Kier alpha value is 0.0400. The quantitative estimate of drug-likeness (QED) is 0.209. The van der Waals surface area contributed by atoms with Crippen LogP contribution in [0.25, 0.3) is 20.4 Å². The summed E-state index contributed by atoms with van der Waals surface area (Å²) in [6.45, 7) is 3.20. The summed E-state index contributed by atoms with van der Waals surface area (Å²) in [4.78, 5) is 7.62. The Labute approximate surface area is 225 Å². The van der Waals surface area contributed by atoms with Gasteiger partial charge in [0.1, 0.15) is 20.2 Å². The fraction of sp³-hybridized carbons (Fsp3) is 0.125. The van der Waals surface area contributed by atoms with E-state index in [-0.39, 0.29) is 68.9 Å². The number of benzene rings is 2. The predicted molar refractivity (Wildman–Crippen MR) is 105 cm³/mol. The molecule has 0 fully saturated rings. The molecule has 0 radical (unpaired) electrons. The van der Waals surface area contributed by atoms with Crippen molar-refractivity contribution in [1.82, 2.24) is 9.97 Å². The van der Waals surface area contributed by atoms with Gasteiger partial charge in [0.2, 0.25) is 0 Å². The van der Waals surface area contributed by atoms with Gasteiger partial charge >= 0.3 is 59.1 Å². The molecule has 8 nitrogen and oxygen atoms in total. The molecule has 0 saturated heterocycles. The molecular formula is C16H12N2Na2O6S4. The number of nitrogens with zero attached hydrogens (tertiary/aromatic N) is 2. The molecule has 0 aliphatic carbocycles. The zero-order valence-corrected chi connectivity index (χ0v) is 23.7. The zero-order valence-electron chi connectivity index (χ0n) is 16.4. The molecule has 0 bridgehead atoms. The molecule has 4 rings (SSSR count). The molecule has 14 heteroatoms. The smallest absolute Gasteiger partial charge is 0.744 e. The van der Waals surface area contributed by atoms with Gasteiger partial charge in [-0.05, 0) is 37.1 Å². The second kappa shape index (κ2) is 10.8. The summed E-state index contributed by atoms with van der Waals surface area (Å²) >= 11 is 2.33. The third-order valence-electron chi connectivity index (χ3n) is 3.80. The molecule has 0 atom stereocenters. The average Bonchev–Trinajstić information content (AvgIpc) is 3.20. The van der Waals surface area contributed by atoms with Crippen LogP contribution in [-0.2, 0) is 20.2 Å². The van der Waals surface area contributed by atoms with Crippen molar-refractivity contribution in [2.24, 2.45) is 0 Å². The van der Waals surface area contributed by atoms with Crippen molar-refractivity contribution < 1.29 is 85.1 Å². The summed E-state index contributed by atoms with van der Waals surface area (Å²) in [6.07, 6.45) is 0. The maximum absolute atomic E-state index is 11.0. The minimum atomic E-state index is -4.41.